The summed E-state index contributed by atoms with van der Waals surface area (Å²) < 4.78 is 19.8. The van der Waals surface area contributed by atoms with Crippen molar-refractivity contribution in [2.45, 2.75) is 0 Å². The number of hydrogen-bond donors (Lipinski definition) is 0. The second-order valence-electron chi connectivity index (χ2n) is 4.27. The molecule has 0 aliphatic heterocycles. The predicted molar refractivity (Wildman–Crippen MR) is 73.9 cm³/mol. The van der Waals surface area contributed by atoms with Gasteiger partial charge in [0.25, 0.3) is 5.56 Å². The van der Waals surface area contributed by atoms with Crippen molar-refractivity contribution in [1.29, 1.82) is 0 Å². The minimum atomic E-state index is -0.390. The van der Waals surface area contributed by atoms with E-state index < -0.39 is 5.82 Å². The maximum absolute atomic E-state index is 13.4. The van der Waals surface area contributed by atoms with Crippen molar-refractivity contribution in [3.8, 4) is 11.6 Å². The van der Waals surface area contributed by atoms with E-state index >= 15 is 0 Å². The smallest absolute Gasteiger partial charge is 0.255 e. The Kier molecular flexibility index (Phi) is 2.95. The van der Waals surface area contributed by atoms with Gasteiger partial charge in [0.05, 0.1) is 24.5 Å². The van der Waals surface area contributed by atoms with Crippen LogP contribution in [0, 0.1) is 5.82 Å². The molecule has 0 saturated heterocycles. The Bertz CT molecular complexity index is 825. The van der Waals surface area contributed by atoms with Gasteiger partial charge in [-0.3, -0.25) is 9.36 Å². The maximum Gasteiger partial charge on any atom is 0.255 e. The normalized spacial score (nSPS) is 10.7. The number of methoxy groups -OCH3 is 1. The summed E-state index contributed by atoms with van der Waals surface area (Å²) in [6, 6.07) is 10.8. The number of halogens is 1. The highest BCUT2D eigenvalue weighted by molar-refractivity contribution is 5.80. The van der Waals surface area contributed by atoms with Crippen LogP contribution in [0.15, 0.2) is 53.5 Å². The molecule has 0 saturated carbocycles. The summed E-state index contributed by atoms with van der Waals surface area (Å²) in [5.41, 5.74) is 0.825. The number of nitrogens with zero attached hydrogens (tertiary/aromatic N) is 2. The van der Waals surface area contributed by atoms with Crippen LogP contribution in [0.3, 0.4) is 0 Å². The fourth-order valence-electron chi connectivity index (χ4n) is 2.10. The number of benzene rings is 1. The van der Waals surface area contributed by atoms with Crippen molar-refractivity contribution in [3.63, 3.8) is 0 Å². The van der Waals surface area contributed by atoms with Crippen LogP contribution in [-0.2, 0) is 0 Å². The zero-order chi connectivity index (χ0) is 14.1. The van der Waals surface area contributed by atoms with Crippen LogP contribution in [0.5, 0.6) is 5.88 Å². The summed E-state index contributed by atoms with van der Waals surface area (Å²) in [6.45, 7) is 0. The molecule has 3 aromatic rings. The van der Waals surface area contributed by atoms with Gasteiger partial charge in [-0.1, -0.05) is 0 Å². The fourth-order valence-corrected chi connectivity index (χ4v) is 2.10. The minimum absolute atomic E-state index is 0.241. The van der Waals surface area contributed by atoms with Gasteiger partial charge in [-0.05, 0) is 35.7 Å². The number of aromatic nitrogens is 2. The molecule has 100 valence electrons. The van der Waals surface area contributed by atoms with Gasteiger partial charge in [-0.15, -0.1) is 0 Å². The first-order chi connectivity index (χ1) is 9.69. The number of rotatable bonds is 2. The van der Waals surface area contributed by atoms with E-state index in [1.54, 1.807) is 24.3 Å². The fraction of sp³-hybridized carbons (Fsp3) is 0.0667. The standard InChI is InChI=1S/C15H11FN2O2/c1-20-14-6-5-12(9-17-14)18-13-8-11(16)4-2-10(13)3-7-15(18)19/h2-9H,1H3. The van der Waals surface area contributed by atoms with E-state index in [2.05, 4.69) is 4.98 Å². The molecule has 5 heteroatoms. The lowest BCUT2D eigenvalue weighted by Crippen LogP contribution is -2.17. The monoisotopic (exact) mass is 270 g/mol. The summed E-state index contributed by atoms with van der Waals surface area (Å²) in [5, 5.41) is 0.779. The number of pyridine rings is 2. The largest absolute Gasteiger partial charge is 0.481 e. The number of fused-ring (bicyclic) bond motifs is 1. The van der Waals surface area contributed by atoms with Crippen LogP contribution in [0.4, 0.5) is 4.39 Å². The van der Waals surface area contributed by atoms with Crippen molar-refractivity contribution in [1.82, 2.24) is 9.55 Å². The maximum atomic E-state index is 13.4. The summed E-state index contributed by atoms with van der Waals surface area (Å²) >= 11 is 0. The Hall–Kier alpha value is -2.69. The van der Waals surface area contributed by atoms with Crippen LogP contribution in [-0.4, -0.2) is 16.7 Å². The van der Waals surface area contributed by atoms with Crippen LogP contribution in [0.1, 0.15) is 0 Å². The van der Waals surface area contributed by atoms with Crippen LogP contribution < -0.4 is 10.3 Å². The Morgan fingerprint density at radius 1 is 1.15 bits per heavy atom. The Morgan fingerprint density at radius 3 is 2.65 bits per heavy atom. The van der Waals surface area contributed by atoms with Gasteiger partial charge in [0.1, 0.15) is 5.82 Å². The minimum Gasteiger partial charge on any atom is -0.481 e. The van der Waals surface area contributed by atoms with Crippen LogP contribution in [0.25, 0.3) is 16.6 Å². The van der Waals surface area contributed by atoms with Gasteiger partial charge < -0.3 is 4.74 Å². The second kappa shape index (κ2) is 4.77. The highest BCUT2D eigenvalue weighted by Gasteiger charge is 2.07. The molecule has 0 aliphatic carbocycles. The lowest BCUT2D eigenvalue weighted by atomic mass is 10.2. The summed E-state index contributed by atoms with van der Waals surface area (Å²) in [4.78, 5) is 16.1. The molecule has 2 aromatic heterocycles. The molecule has 0 atom stereocenters. The highest BCUT2D eigenvalue weighted by Crippen LogP contribution is 2.18. The SMILES string of the molecule is COc1ccc(-n2c(=O)ccc3ccc(F)cc32)cn1. The van der Waals surface area contributed by atoms with E-state index in [-0.39, 0.29) is 5.56 Å². The summed E-state index contributed by atoms with van der Waals surface area (Å²) in [7, 11) is 1.52. The first-order valence-electron chi connectivity index (χ1n) is 6.01. The molecule has 20 heavy (non-hydrogen) atoms. The molecule has 0 fully saturated rings. The van der Waals surface area contributed by atoms with Gasteiger partial charge in [-0.25, -0.2) is 9.37 Å². The van der Waals surface area contributed by atoms with Crippen molar-refractivity contribution in [3.05, 3.63) is 64.8 Å². The highest BCUT2D eigenvalue weighted by atomic mass is 19.1. The topological polar surface area (TPSA) is 44.1 Å². The molecule has 0 amide bonds. The third-order valence-corrected chi connectivity index (χ3v) is 3.05. The molecule has 3 rings (SSSR count). The third kappa shape index (κ3) is 2.03. The average Bonchev–Trinajstić information content (AvgIpc) is 2.47. The van der Waals surface area contributed by atoms with Crippen LogP contribution >= 0.6 is 0 Å². The van der Waals surface area contributed by atoms with E-state index in [1.807, 2.05) is 0 Å². The third-order valence-electron chi connectivity index (χ3n) is 3.05. The van der Waals surface area contributed by atoms with Crippen molar-refractivity contribution < 1.29 is 9.13 Å². The Labute approximate surface area is 114 Å². The van der Waals surface area contributed by atoms with E-state index in [9.17, 15) is 9.18 Å². The molecule has 2 heterocycles. The first-order valence-corrected chi connectivity index (χ1v) is 6.01. The van der Waals surface area contributed by atoms with E-state index in [1.165, 1.54) is 36.1 Å². The zero-order valence-electron chi connectivity index (χ0n) is 10.7. The van der Waals surface area contributed by atoms with Gasteiger partial charge in [0, 0.05) is 12.1 Å². The van der Waals surface area contributed by atoms with Gasteiger partial charge in [-0.2, -0.15) is 0 Å². The zero-order valence-corrected chi connectivity index (χ0v) is 10.7. The van der Waals surface area contributed by atoms with E-state index in [0.29, 0.717) is 17.1 Å². The first kappa shape index (κ1) is 12.3. The molecule has 0 N–H and O–H groups in total. The average molecular weight is 270 g/mol. The molecule has 0 bridgehead atoms. The van der Waals surface area contributed by atoms with Crippen molar-refractivity contribution in [2.75, 3.05) is 7.11 Å². The number of hydrogen-bond acceptors (Lipinski definition) is 3. The Balaban J connectivity index is 2.30. The second-order valence-corrected chi connectivity index (χ2v) is 4.27. The van der Waals surface area contributed by atoms with Crippen molar-refractivity contribution >= 4 is 10.9 Å². The quantitative estimate of drug-likeness (QED) is 0.718. The molecule has 0 unspecified atom stereocenters. The lowest BCUT2D eigenvalue weighted by molar-refractivity contribution is 0.398. The van der Waals surface area contributed by atoms with Gasteiger partial charge in [0.2, 0.25) is 5.88 Å². The van der Waals surface area contributed by atoms with E-state index in [4.69, 9.17) is 4.74 Å². The molecule has 0 radical (unpaired) electrons. The van der Waals surface area contributed by atoms with E-state index in [0.717, 1.165) is 5.39 Å². The summed E-state index contributed by atoms with van der Waals surface area (Å²) in [6.07, 6.45) is 1.52. The molecular weight excluding hydrogens is 259 g/mol. The molecule has 4 nitrogen and oxygen atoms in total. The molecule has 1 aromatic carbocycles. The van der Waals surface area contributed by atoms with Gasteiger partial charge >= 0.3 is 0 Å². The molecule has 0 spiro atoms. The molecular formula is C15H11FN2O2. The predicted octanol–water partition coefficient (Wildman–Crippen LogP) is 2.53. The summed E-state index contributed by atoms with van der Waals surface area (Å²) in [5.74, 6) is 0.0616. The molecule has 0 aliphatic rings. The Morgan fingerprint density at radius 2 is 1.95 bits per heavy atom. The number of ether oxygens (including phenoxy) is 1. The van der Waals surface area contributed by atoms with Crippen molar-refractivity contribution in [2.24, 2.45) is 0 Å². The van der Waals surface area contributed by atoms with Gasteiger partial charge in [0.15, 0.2) is 0 Å². The van der Waals surface area contributed by atoms with Crippen LogP contribution in [0.2, 0.25) is 0 Å². The lowest BCUT2D eigenvalue weighted by Gasteiger charge is -2.10.